The average molecular weight is 269 g/mol. The second kappa shape index (κ2) is 4.40. The van der Waals surface area contributed by atoms with Crippen molar-refractivity contribution >= 4 is 23.4 Å². The van der Waals surface area contributed by atoms with Crippen LogP contribution in [0.15, 0.2) is 12.1 Å². The summed E-state index contributed by atoms with van der Waals surface area (Å²) in [5, 5.41) is 12.6. The molecule has 0 spiro atoms. The number of ether oxygens (including phenoxy) is 1. The predicted octanol–water partition coefficient (Wildman–Crippen LogP) is 2.17. The van der Waals surface area contributed by atoms with Gasteiger partial charge in [0.2, 0.25) is 0 Å². The molecule has 2 aliphatic heterocycles. The first kappa shape index (κ1) is 11.7. The van der Waals surface area contributed by atoms with E-state index >= 15 is 0 Å². The number of rotatable bonds is 3. The lowest BCUT2D eigenvalue weighted by Gasteiger charge is -2.21. The van der Waals surface area contributed by atoms with Gasteiger partial charge in [-0.15, -0.1) is 0 Å². The number of carboxylic acid groups (broad SMARTS) is 1. The third-order valence-corrected chi connectivity index (χ3v) is 3.73. The number of aromatic carboxylic acids is 1. The molecule has 2 bridgehead atoms. The zero-order valence-electron chi connectivity index (χ0n) is 9.60. The molecule has 1 aromatic heterocycles. The Bertz CT molecular complexity index is 494. The Hall–Kier alpha value is -1.33. The number of aromatic nitrogens is 1. The molecule has 3 rings (SSSR count). The van der Waals surface area contributed by atoms with Gasteiger partial charge in [-0.3, -0.25) is 0 Å². The van der Waals surface area contributed by atoms with Gasteiger partial charge in [0, 0.05) is 0 Å². The summed E-state index contributed by atoms with van der Waals surface area (Å²) in [7, 11) is 0. The number of anilines is 1. The molecular formula is C12H13ClN2O3. The number of carboxylic acids is 1. The summed E-state index contributed by atoms with van der Waals surface area (Å²) < 4.78 is 5.72. The zero-order chi connectivity index (χ0) is 12.7. The molecule has 0 saturated carbocycles. The molecule has 18 heavy (non-hydrogen) atoms. The maximum atomic E-state index is 11.1. The van der Waals surface area contributed by atoms with Crippen LogP contribution in [0.25, 0.3) is 0 Å². The Balaban J connectivity index is 1.83. The second-order valence-corrected chi connectivity index (χ2v) is 5.08. The molecule has 2 aliphatic rings. The van der Waals surface area contributed by atoms with Gasteiger partial charge in [0.1, 0.15) is 16.5 Å². The monoisotopic (exact) mass is 268 g/mol. The highest BCUT2D eigenvalue weighted by Crippen LogP contribution is 2.36. The molecule has 3 unspecified atom stereocenters. The minimum absolute atomic E-state index is 0.132. The van der Waals surface area contributed by atoms with Crippen LogP contribution in [0.2, 0.25) is 5.15 Å². The van der Waals surface area contributed by atoms with Gasteiger partial charge < -0.3 is 15.2 Å². The predicted molar refractivity (Wildman–Crippen MR) is 66.1 cm³/mol. The third-order valence-electron chi connectivity index (χ3n) is 3.52. The van der Waals surface area contributed by atoms with Crippen molar-refractivity contribution in [3.63, 3.8) is 0 Å². The quantitative estimate of drug-likeness (QED) is 0.822. The number of nitrogens with one attached hydrogen (secondary N) is 1. The first-order valence-electron chi connectivity index (χ1n) is 5.95. The fourth-order valence-corrected chi connectivity index (χ4v) is 2.83. The SMILES string of the molecule is O=C(O)c1ccc(Cl)nc1NC1CC2CCC1O2. The lowest BCUT2D eigenvalue weighted by atomic mass is 9.95. The molecule has 0 radical (unpaired) electrons. The average Bonchev–Trinajstić information content (AvgIpc) is 2.90. The number of carbonyl (C=O) groups is 1. The molecule has 5 nitrogen and oxygen atoms in total. The van der Waals surface area contributed by atoms with E-state index in [-0.39, 0.29) is 22.9 Å². The molecule has 3 atom stereocenters. The summed E-state index contributed by atoms with van der Waals surface area (Å²) in [5.74, 6) is -0.679. The fraction of sp³-hybridized carbons (Fsp3) is 0.500. The van der Waals surface area contributed by atoms with E-state index in [1.807, 2.05) is 0 Å². The summed E-state index contributed by atoms with van der Waals surface area (Å²) in [6.07, 6.45) is 3.48. The van der Waals surface area contributed by atoms with Crippen molar-refractivity contribution in [2.75, 3.05) is 5.32 Å². The summed E-state index contributed by atoms with van der Waals surface area (Å²) in [6.45, 7) is 0. The Labute approximate surface area is 109 Å². The standard InChI is InChI=1S/C12H13ClN2O3/c13-10-4-2-7(12(16)17)11(15-10)14-8-5-6-1-3-9(8)18-6/h2,4,6,8-9H,1,3,5H2,(H,14,15)(H,16,17). The van der Waals surface area contributed by atoms with Crippen LogP contribution in [0.3, 0.4) is 0 Å². The smallest absolute Gasteiger partial charge is 0.339 e. The highest BCUT2D eigenvalue weighted by molar-refractivity contribution is 6.29. The number of hydrogen-bond donors (Lipinski definition) is 2. The van der Waals surface area contributed by atoms with Gasteiger partial charge in [-0.2, -0.15) is 0 Å². The molecule has 2 saturated heterocycles. The summed E-state index contributed by atoms with van der Waals surface area (Å²) in [6, 6.07) is 3.08. The molecule has 96 valence electrons. The number of pyridine rings is 1. The Morgan fingerprint density at radius 1 is 1.50 bits per heavy atom. The summed E-state index contributed by atoms with van der Waals surface area (Å²) >= 11 is 5.81. The second-order valence-electron chi connectivity index (χ2n) is 4.70. The van der Waals surface area contributed by atoms with E-state index in [9.17, 15) is 4.79 Å². The van der Waals surface area contributed by atoms with E-state index in [2.05, 4.69) is 10.3 Å². The Morgan fingerprint density at radius 3 is 2.94 bits per heavy atom. The van der Waals surface area contributed by atoms with Crippen LogP contribution >= 0.6 is 11.6 Å². The topological polar surface area (TPSA) is 71.5 Å². The van der Waals surface area contributed by atoms with E-state index in [0.29, 0.717) is 11.9 Å². The van der Waals surface area contributed by atoms with Crippen LogP contribution in [0.4, 0.5) is 5.82 Å². The number of hydrogen-bond acceptors (Lipinski definition) is 4. The van der Waals surface area contributed by atoms with Gasteiger partial charge >= 0.3 is 5.97 Å². The van der Waals surface area contributed by atoms with E-state index in [0.717, 1.165) is 19.3 Å². The van der Waals surface area contributed by atoms with Crippen molar-refractivity contribution in [1.29, 1.82) is 0 Å². The van der Waals surface area contributed by atoms with E-state index in [1.54, 1.807) is 0 Å². The minimum atomic E-state index is -1.01. The molecule has 3 heterocycles. The van der Waals surface area contributed by atoms with Crippen LogP contribution in [0.5, 0.6) is 0 Å². The van der Waals surface area contributed by atoms with Crippen LogP contribution in [0.1, 0.15) is 29.6 Å². The highest BCUT2D eigenvalue weighted by atomic mass is 35.5. The van der Waals surface area contributed by atoms with Crippen molar-refractivity contribution in [2.24, 2.45) is 0 Å². The van der Waals surface area contributed by atoms with E-state index in [1.165, 1.54) is 12.1 Å². The normalized spacial score (nSPS) is 29.5. The van der Waals surface area contributed by atoms with Crippen molar-refractivity contribution in [2.45, 2.75) is 37.5 Å². The van der Waals surface area contributed by atoms with Crippen LogP contribution in [-0.2, 0) is 4.74 Å². The molecule has 2 N–H and O–H groups in total. The van der Waals surface area contributed by atoms with Gasteiger partial charge in [0.15, 0.2) is 0 Å². The third kappa shape index (κ3) is 2.04. The highest BCUT2D eigenvalue weighted by Gasteiger charge is 2.41. The van der Waals surface area contributed by atoms with E-state index in [4.69, 9.17) is 21.4 Å². The Morgan fingerprint density at radius 2 is 2.33 bits per heavy atom. The van der Waals surface area contributed by atoms with Crippen molar-refractivity contribution in [3.05, 3.63) is 22.8 Å². The molecule has 1 aromatic rings. The molecule has 0 aliphatic carbocycles. The maximum Gasteiger partial charge on any atom is 0.339 e. The number of fused-ring (bicyclic) bond motifs is 2. The number of halogens is 1. The van der Waals surface area contributed by atoms with Gasteiger partial charge in [-0.05, 0) is 31.4 Å². The van der Waals surface area contributed by atoms with Crippen molar-refractivity contribution in [1.82, 2.24) is 4.98 Å². The van der Waals surface area contributed by atoms with Crippen LogP contribution in [0, 0.1) is 0 Å². The van der Waals surface area contributed by atoms with Gasteiger partial charge in [0.05, 0.1) is 18.2 Å². The first-order valence-corrected chi connectivity index (χ1v) is 6.33. The zero-order valence-corrected chi connectivity index (χ0v) is 10.4. The summed E-state index contributed by atoms with van der Waals surface area (Å²) in [5.41, 5.74) is 0.141. The van der Waals surface area contributed by atoms with Crippen molar-refractivity contribution in [3.8, 4) is 0 Å². The largest absolute Gasteiger partial charge is 0.478 e. The molecular weight excluding hydrogens is 256 g/mol. The first-order chi connectivity index (χ1) is 8.63. The number of nitrogens with zero attached hydrogens (tertiary/aromatic N) is 1. The van der Waals surface area contributed by atoms with Gasteiger partial charge in [-0.25, -0.2) is 9.78 Å². The fourth-order valence-electron chi connectivity index (χ4n) is 2.68. The van der Waals surface area contributed by atoms with Gasteiger partial charge in [0.25, 0.3) is 0 Å². The molecule has 0 aromatic carbocycles. The van der Waals surface area contributed by atoms with E-state index < -0.39 is 5.97 Å². The molecule has 2 fully saturated rings. The minimum Gasteiger partial charge on any atom is -0.478 e. The van der Waals surface area contributed by atoms with Crippen LogP contribution in [-0.4, -0.2) is 34.3 Å². The molecule has 0 amide bonds. The lowest BCUT2D eigenvalue weighted by molar-refractivity contribution is 0.0697. The van der Waals surface area contributed by atoms with Crippen molar-refractivity contribution < 1.29 is 14.6 Å². The maximum absolute atomic E-state index is 11.1. The Kier molecular flexibility index (Phi) is 2.87. The van der Waals surface area contributed by atoms with Gasteiger partial charge in [-0.1, -0.05) is 11.6 Å². The molecule has 6 heteroatoms. The lowest BCUT2D eigenvalue weighted by Crippen LogP contribution is -2.31. The van der Waals surface area contributed by atoms with Crippen LogP contribution < -0.4 is 5.32 Å². The summed E-state index contributed by atoms with van der Waals surface area (Å²) in [4.78, 5) is 15.2.